The fraction of sp³-hybridized carbons (Fsp3) is 0.111. The molecule has 0 aliphatic carbocycles. The Kier molecular flexibility index (Phi) is 3.26. The highest BCUT2D eigenvalue weighted by atomic mass is 79.9. The molecular weight excluding hydrogens is 240 g/mol. The van der Waals surface area contributed by atoms with Crippen molar-refractivity contribution < 1.29 is 8.78 Å². The van der Waals surface area contributed by atoms with E-state index in [9.17, 15) is 8.78 Å². The van der Waals surface area contributed by atoms with Crippen LogP contribution in [0.4, 0.5) is 14.5 Å². The Hall–Kier alpha value is -1.08. The fourth-order valence-electron chi connectivity index (χ4n) is 0.804. The predicted octanol–water partition coefficient (Wildman–Crippen LogP) is 2.77. The standard InChI is InChI=1S/C9H6BrF2N/c1-2-3-13-9-5-7(11)6(10)4-8(9)12/h1,4-5,13H,3H2. The molecule has 1 aromatic rings. The van der Waals surface area contributed by atoms with Crippen molar-refractivity contribution in [1.29, 1.82) is 0 Å². The van der Waals surface area contributed by atoms with Crippen LogP contribution in [0.5, 0.6) is 0 Å². The number of hydrogen-bond donors (Lipinski definition) is 1. The van der Waals surface area contributed by atoms with Gasteiger partial charge in [-0.3, -0.25) is 0 Å². The topological polar surface area (TPSA) is 12.0 Å². The zero-order valence-corrected chi connectivity index (χ0v) is 8.16. The summed E-state index contributed by atoms with van der Waals surface area (Å²) >= 11 is 2.87. The maximum absolute atomic E-state index is 13.0. The van der Waals surface area contributed by atoms with Gasteiger partial charge >= 0.3 is 0 Å². The molecule has 0 heterocycles. The number of terminal acetylenes is 1. The van der Waals surface area contributed by atoms with Crippen molar-refractivity contribution in [1.82, 2.24) is 0 Å². The van der Waals surface area contributed by atoms with Crippen LogP contribution in [-0.2, 0) is 0 Å². The first-order valence-corrected chi connectivity index (χ1v) is 4.26. The van der Waals surface area contributed by atoms with Crippen molar-refractivity contribution in [3.05, 3.63) is 28.2 Å². The van der Waals surface area contributed by atoms with Gasteiger partial charge in [-0.15, -0.1) is 6.42 Å². The molecule has 1 rings (SSSR count). The molecule has 68 valence electrons. The van der Waals surface area contributed by atoms with Crippen LogP contribution in [0.3, 0.4) is 0 Å². The number of benzene rings is 1. The lowest BCUT2D eigenvalue weighted by atomic mass is 10.3. The SMILES string of the molecule is C#CCNc1cc(F)c(Br)cc1F. The number of anilines is 1. The third kappa shape index (κ3) is 2.43. The molecule has 0 aliphatic rings. The fourth-order valence-corrected chi connectivity index (χ4v) is 1.12. The molecular formula is C9H6BrF2N. The maximum atomic E-state index is 13.0. The van der Waals surface area contributed by atoms with Crippen LogP contribution < -0.4 is 5.32 Å². The van der Waals surface area contributed by atoms with Gasteiger partial charge < -0.3 is 5.32 Å². The summed E-state index contributed by atoms with van der Waals surface area (Å²) in [6.45, 7) is 0.165. The Morgan fingerprint density at radius 1 is 1.38 bits per heavy atom. The van der Waals surface area contributed by atoms with Crippen LogP contribution in [0, 0.1) is 24.0 Å². The summed E-state index contributed by atoms with van der Waals surface area (Å²) in [5.74, 6) is 1.20. The van der Waals surface area contributed by atoms with E-state index in [-0.39, 0.29) is 16.7 Å². The summed E-state index contributed by atoms with van der Waals surface area (Å²) in [7, 11) is 0. The molecule has 4 heteroatoms. The molecule has 0 aromatic heterocycles. The highest BCUT2D eigenvalue weighted by molar-refractivity contribution is 9.10. The largest absolute Gasteiger partial charge is 0.372 e. The molecule has 0 spiro atoms. The second-order valence-corrected chi connectivity index (χ2v) is 3.16. The molecule has 1 nitrogen and oxygen atoms in total. The van der Waals surface area contributed by atoms with Crippen LogP contribution in [0.1, 0.15) is 0 Å². The van der Waals surface area contributed by atoms with Gasteiger partial charge in [0.2, 0.25) is 0 Å². The van der Waals surface area contributed by atoms with Crippen LogP contribution in [0.15, 0.2) is 16.6 Å². The zero-order chi connectivity index (χ0) is 9.84. The van der Waals surface area contributed by atoms with Gasteiger partial charge in [-0.25, -0.2) is 8.78 Å². The minimum atomic E-state index is -0.538. The zero-order valence-electron chi connectivity index (χ0n) is 6.57. The molecule has 1 N–H and O–H groups in total. The van der Waals surface area contributed by atoms with E-state index in [1.54, 1.807) is 0 Å². The summed E-state index contributed by atoms with van der Waals surface area (Å²) in [5, 5.41) is 2.56. The van der Waals surface area contributed by atoms with Crippen molar-refractivity contribution in [2.24, 2.45) is 0 Å². The molecule has 0 radical (unpaired) electrons. The first kappa shape index (κ1) is 10.0. The highest BCUT2D eigenvalue weighted by Crippen LogP contribution is 2.22. The highest BCUT2D eigenvalue weighted by Gasteiger charge is 2.06. The summed E-state index contributed by atoms with van der Waals surface area (Å²) in [6.07, 6.45) is 4.96. The van der Waals surface area contributed by atoms with E-state index >= 15 is 0 Å². The summed E-state index contributed by atoms with van der Waals surface area (Å²) < 4.78 is 26.0. The summed E-state index contributed by atoms with van der Waals surface area (Å²) in [4.78, 5) is 0. The van der Waals surface area contributed by atoms with Gasteiger partial charge in [0.25, 0.3) is 0 Å². The first-order valence-electron chi connectivity index (χ1n) is 3.47. The lowest BCUT2D eigenvalue weighted by molar-refractivity contribution is 0.597. The average molecular weight is 246 g/mol. The van der Waals surface area contributed by atoms with E-state index in [4.69, 9.17) is 6.42 Å². The van der Waals surface area contributed by atoms with Crippen molar-refractivity contribution in [3.8, 4) is 12.3 Å². The van der Waals surface area contributed by atoms with Crippen molar-refractivity contribution in [3.63, 3.8) is 0 Å². The summed E-state index contributed by atoms with van der Waals surface area (Å²) in [6, 6.07) is 2.10. The van der Waals surface area contributed by atoms with E-state index in [0.29, 0.717) is 0 Å². The van der Waals surface area contributed by atoms with Crippen LogP contribution in [0.25, 0.3) is 0 Å². The summed E-state index contributed by atoms with van der Waals surface area (Å²) in [5.41, 5.74) is 0.0682. The van der Waals surface area contributed by atoms with Gasteiger partial charge in [-0.1, -0.05) is 5.92 Å². The smallest absolute Gasteiger partial charge is 0.147 e. The Morgan fingerprint density at radius 2 is 2.08 bits per heavy atom. The molecule has 0 saturated heterocycles. The Balaban J connectivity index is 2.96. The van der Waals surface area contributed by atoms with E-state index in [1.807, 2.05) is 0 Å². The molecule has 0 aliphatic heterocycles. The van der Waals surface area contributed by atoms with E-state index < -0.39 is 11.6 Å². The predicted molar refractivity (Wildman–Crippen MR) is 51.4 cm³/mol. The molecule has 0 atom stereocenters. The lowest BCUT2D eigenvalue weighted by Crippen LogP contribution is -2.01. The Labute approximate surface area is 83.3 Å². The second-order valence-electron chi connectivity index (χ2n) is 2.30. The van der Waals surface area contributed by atoms with Crippen molar-refractivity contribution in [2.75, 3.05) is 11.9 Å². The van der Waals surface area contributed by atoms with Gasteiger partial charge in [0.15, 0.2) is 0 Å². The maximum Gasteiger partial charge on any atom is 0.147 e. The molecule has 0 saturated carbocycles. The normalized spacial score (nSPS) is 9.38. The number of halogens is 3. The van der Waals surface area contributed by atoms with E-state index in [1.165, 1.54) is 0 Å². The monoisotopic (exact) mass is 245 g/mol. The van der Waals surface area contributed by atoms with Gasteiger partial charge in [-0.05, 0) is 22.0 Å². The number of rotatable bonds is 2. The van der Waals surface area contributed by atoms with Crippen LogP contribution in [0.2, 0.25) is 0 Å². The Bertz CT molecular complexity index is 357. The average Bonchev–Trinajstić information content (AvgIpc) is 2.09. The third-order valence-corrected chi connectivity index (χ3v) is 2.00. The van der Waals surface area contributed by atoms with Crippen molar-refractivity contribution in [2.45, 2.75) is 0 Å². The van der Waals surface area contributed by atoms with Gasteiger partial charge in [0.1, 0.15) is 11.6 Å². The van der Waals surface area contributed by atoms with E-state index in [0.717, 1.165) is 12.1 Å². The van der Waals surface area contributed by atoms with Crippen LogP contribution in [-0.4, -0.2) is 6.54 Å². The van der Waals surface area contributed by atoms with Gasteiger partial charge in [0, 0.05) is 6.07 Å². The minimum Gasteiger partial charge on any atom is -0.372 e. The Morgan fingerprint density at radius 3 is 2.69 bits per heavy atom. The molecule has 0 unspecified atom stereocenters. The number of nitrogens with one attached hydrogen (secondary N) is 1. The molecule has 0 fully saturated rings. The van der Waals surface area contributed by atoms with Crippen LogP contribution >= 0.6 is 15.9 Å². The quantitative estimate of drug-likeness (QED) is 0.625. The first-order chi connectivity index (χ1) is 6.15. The van der Waals surface area contributed by atoms with Crippen molar-refractivity contribution >= 4 is 21.6 Å². The van der Waals surface area contributed by atoms with E-state index in [2.05, 4.69) is 27.2 Å². The number of hydrogen-bond acceptors (Lipinski definition) is 1. The molecule has 13 heavy (non-hydrogen) atoms. The van der Waals surface area contributed by atoms with Gasteiger partial charge in [-0.2, -0.15) is 0 Å². The van der Waals surface area contributed by atoms with Gasteiger partial charge in [0.05, 0.1) is 16.7 Å². The molecule has 0 amide bonds. The lowest BCUT2D eigenvalue weighted by Gasteiger charge is -2.04. The third-order valence-electron chi connectivity index (χ3n) is 1.39. The molecule has 0 bridgehead atoms. The second kappa shape index (κ2) is 4.24. The molecule has 1 aromatic carbocycles. The minimum absolute atomic E-state index is 0.0682.